The molecule has 1 heterocycles. The third kappa shape index (κ3) is 3.18. The highest BCUT2D eigenvalue weighted by molar-refractivity contribution is 5.99. The van der Waals surface area contributed by atoms with E-state index in [2.05, 4.69) is 0 Å². The number of benzene rings is 2. The Morgan fingerprint density at radius 1 is 0.700 bits per heavy atom. The Balaban J connectivity index is 2.49. The molecule has 9 nitrogen and oxygen atoms in total. The zero-order valence-corrected chi connectivity index (χ0v) is 17.4. The van der Waals surface area contributed by atoms with Crippen molar-refractivity contribution >= 4 is 11.0 Å². The van der Waals surface area contributed by atoms with Gasteiger partial charge in [-0.1, -0.05) is 0 Å². The number of rotatable bonds is 7. The molecule has 0 fully saturated rings. The van der Waals surface area contributed by atoms with Crippen molar-refractivity contribution in [3.05, 3.63) is 28.6 Å². The van der Waals surface area contributed by atoms with Gasteiger partial charge in [-0.05, 0) is 0 Å². The molecule has 3 rings (SSSR count). The number of hydrogen-bond acceptors (Lipinski definition) is 9. The monoisotopic (exact) mass is 418 g/mol. The smallest absolute Gasteiger partial charge is 0.348 e. The number of fused-ring (bicyclic) bond motifs is 1. The molecule has 0 atom stereocenters. The van der Waals surface area contributed by atoms with E-state index in [9.17, 15) is 9.90 Å². The topological polar surface area (TPSA) is 106 Å². The molecule has 0 aliphatic heterocycles. The van der Waals surface area contributed by atoms with Crippen molar-refractivity contribution < 1.29 is 37.9 Å². The highest BCUT2D eigenvalue weighted by Crippen LogP contribution is 2.50. The van der Waals surface area contributed by atoms with Gasteiger partial charge in [-0.3, -0.25) is 0 Å². The molecular formula is C21H22O9. The first-order chi connectivity index (χ1) is 14.4. The van der Waals surface area contributed by atoms with Gasteiger partial charge in [0.05, 0.1) is 48.2 Å². The Hall–Kier alpha value is -3.75. The quantitative estimate of drug-likeness (QED) is 0.579. The average molecular weight is 418 g/mol. The van der Waals surface area contributed by atoms with Crippen LogP contribution in [0.5, 0.6) is 40.2 Å². The van der Waals surface area contributed by atoms with Crippen LogP contribution in [0.25, 0.3) is 22.1 Å². The number of aromatic hydroxyl groups is 1. The van der Waals surface area contributed by atoms with E-state index in [0.717, 1.165) is 0 Å². The van der Waals surface area contributed by atoms with Gasteiger partial charge in [0.15, 0.2) is 11.5 Å². The molecule has 9 heteroatoms. The van der Waals surface area contributed by atoms with Crippen LogP contribution in [0.1, 0.15) is 0 Å². The van der Waals surface area contributed by atoms with Gasteiger partial charge in [0.1, 0.15) is 39.5 Å². The van der Waals surface area contributed by atoms with Crippen molar-refractivity contribution in [1.29, 1.82) is 0 Å². The Kier molecular flexibility index (Phi) is 5.81. The summed E-state index contributed by atoms with van der Waals surface area (Å²) in [5.41, 5.74) is -0.714. The first kappa shape index (κ1) is 21.0. The highest BCUT2D eigenvalue weighted by Gasteiger charge is 2.28. The second-order valence-corrected chi connectivity index (χ2v) is 6.04. The minimum atomic E-state index is -0.809. The van der Waals surface area contributed by atoms with Crippen molar-refractivity contribution in [1.82, 2.24) is 0 Å². The first-order valence-electron chi connectivity index (χ1n) is 8.74. The van der Waals surface area contributed by atoms with Crippen molar-refractivity contribution in [3.63, 3.8) is 0 Å². The molecule has 0 saturated carbocycles. The largest absolute Gasteiger partial charge is 0.506 e. The van der Waals surface area contributed by atoms with Gasteiger partial charge in [0, 0.05) is 18.2 Å². The third-order valence-corrected chi connectivity index (χ3v) is 4.64. The van der Waals surface area contributed by atoms with E-state index in [0.29, 0.717) is 5.75 Å². The summed E-state index contributed by atoms with van der Waals surface area (Å²) in [4.78, 5) is 12.9. The van der Waals surface area contributed by atoms with Gasteiger partial charge in [0.25, 0.3) is 0 Å². The fraction of sp³-hybridized carbons (Fsp3) is 0.286. The van der Waals surface area contributed by atoms with E-state index in [1.54, 1.807) is 12.1 Å². The zero-order chi connectivity index (χ0) is 22.0. The maximum Gasteiger partial charge on any atom is 0.348 e. The van der Waals surface area contributed by atoms with Crippen molar-refractivity contribution in [2.24, 2.45) is 0 Å². The van der Waals surface area contributed by atoms with E-state index in [1.165, 1.54) is 48.7 Å². The maximum atomic E-state index is 12.9. The molecule has 1 N–H and O–H groups in total. The van der Waals surface area contributed by atoms with Gasteiger partial charge < -0.3 is 37.9 Å². The molecule has 160 valence electrons. The Morgan fingerprint density at radius 3 is 1.73 bits per heavy atom. The minimum absolute atomic E-state index is 0.0576. The van der Waals surface area contributed by atoms with Crippen LogP contribution in [0, 0.1) is 0 Å². The van der Waals surface area contributed by atoms with Gasteiger partial charge in [-0.25, -0.2) is 4.79 Å². The summed E-state index contributed by atoms with van der Waals surface area (Å²) in [6.45, 7) is 0. The fourth-order valence-electron chi connectivity index (χ4n) is 3.28. The highest BCUT2D eigenvalue weighted by atomic mass is 16.5. The molecule has 1 aromatic heterocycles. The molecule has 0 aliphatic carbocycles. The zero-order valence-electron chi connectivity index (χ0n) is 17.4. The van der Waals surface area contributed by atoms with Crippen LogP contribution < -0.4 is 34.0 Å². The van der Waals surface area contributed by atoms with Gasteiger partial charge in [-0.2, -0.15) is 0 Å². The second-order valence-electron chi connectivity index (χ2n) is 6.04. The predicted molar refractivity (Wildman–Crippen MR) is 109 cm³/mol. The molecular weight excluding hydrogens is 396 g/mol. The second kappa shape index (κ2) is 8.32. The van der Waals surface area contributed by atoms with E-state index in [1.807, 2.05) is 0 Å². The number of hydrogen-bond donors (Lipinski definition) is 1. The van der Waals surface area contributed by atoms with Crippen LogP contribution in [0.2, 0.25) is 0 Å². The number of ether oxygens (including phenoxy) is 6. The lowest BCUT2D eigenvalue weighted by Crippen LogP contribution is -2.07. The summed E-state index contributed by atoms with van der Waals surface area (Å²) in [5, 5.41) is 11.3. The summed E-state index contributed by atoms with van der Waals surface area (Å²) in [5.74, 6) is 1.19. The first-order valence-corrected chi connectivity index (χ1v) is 8.74. The molecule has 0 saturated heterocycles. The van der Waals surface area contributed by atoms with Crippen LogP contribution >= 0.6 is 0 Å². The summed E-state index contributed by atoms with van der Waals surface area (Å²) in [6.07, 6.45) is 0. The molecule has 0 amide bonds. The van der Waals surface area contributed by atoms with Gasteiger partial charge in [-0.15, -0.1) is 0 Å². The molecule has 0 spiro atoms. The minimum Gasteiger partial charge on any atom is -0.506 e. The van der Waals surface area contributed by atoms with Gasteiger partial charge >= 0.3 is 5.63 Å². The van der Waals surface area contributed by atoms with E-state index in [-0.39, 0.29) is 56.6 Å². The molecule has 3 aromatic rings. The Bertz CT molecular complexity index is 1120. The molecule has 30 heavy (non-hydrogen) atoms. The lowest BCUT2D eigenvalue weighted by molar-refractivity contribution is 0.325. The molecule has 0 aliphatic rings. The van der Waals surface area contributed by atoms with E-state index < -0.39 is 5.63 Å². The standard InChI is InChI=1S/C21H22O9/c1-24-10-7-11(25-2)15(12(8-10)26-3)17-18(22)16-13(30-21(17)23)9-14(27-4)19(28-5)20(16)29-6/h7-9,22H,1-6H3. The van der Waals surface area contributed by atoms with Crippen LogP contribution in [-0.2, 0) is 0 Å². The van der Waals surface area contributed by atoms with Crippen LogP contribution in [0.15, 0.2) is 27.4 Å². The summed E-state index contributed by atoms with van der Waals surface area (Å²) >= 11 is 0. The predicted octanol–water partition coefficient (Wildman–Crippen LogP) is 3.22. The molecule has 0 radical (unpaired) electrons. The van der Waals surface area contributed by atoms with Crippen molar-refractivity contribution in [3.8, 4) is 51.4 Å². The normalized spacial score (nSPS) is 10.6. The fourth-order valence-corrected chi connectivity index (χ4v) is 3.28. The van der Waals surface area contributed by atoms with Crippen LogP contribution in [-0.4, -0.2) is 47.8 Å². The number of methoxy groups -OCH3 is 6. The average Bonchev–Trinajstić information content (AvgIpc) is 2.77. The lowest BCUT2D eigenvalue weighted by Gasteiger charge is -2.18. The molecule has 0 unspecified atom stereocenters. The summed E-state index contributed by atoms with van der Waals surface area (Å²) < 4.78 is 37.7. The van der Waals surface area contributed by atoms with Crippen LogP contribution in [0.3, 0.4) is 0 Å². The third-order valence-electron chi connectivity index (χ3n) is 4.64. The summed E-state index contributed by atoms with van der Waals surface area (Å²) in [6, 6.07) is 4.56. The van der Waals surface area contributed by atoms with Crippen molar-refractivity contribution in [2.45, 2.75) is 0 Å². The summed E-state index contributed by atoms with van der Waals surface area (Å²) in [7, 11) is 8.59. The Labute approximate surface area is 172 Å². The van der Waals surface area contributed by atoms with Crippen molar-refractivity contribution in [2.75, 3.05) is 42.7 Å². The Morgan fingerprint density at radius 2 is 1.27 bits per heavy atom. The molecule has 2 aromatic carbocycles. The van der Waals surface area contributed by atoms with E-state index in [4.69, 9.17) is 32.8 Å². The lowest BCUT2D eigenvalue weighted by atomic mass is 10.0. The maximum absolute atomic E-state index is 12.9. The van der Waals surface area contributed by atoms with Crippen LogP contribution in [0.4, 0.5) is 0 Å². The van der Waals surface area contributed by atoms with Gasteiger partial charge in [0.2, 0.25) is 5.75 Å². The molecule has 0 bridgehead atoms. The van der Waals surface area contributed by atoms with E-state index >= 15 is 0 Å². The SMILES string of the molecule is COc1cc(OC)c(-c2c(O)c3c(OC)c(OC)c(OC)cc3oc2=O)c(OC)c1.